The minimum Gasteiger partial charge on any atom is -0.452 e. The molecule has 2 amide bonds. The zero-order valence-corrected chi connectivity index (χ0v) is 18.2. The van der Waals surface area contributed by atoms with Crippen LogP contribution < -0.4 is 10.6 Å². The highest BCUT2D eigenvalue weighted by molar-refractivity contribution is 8.00. The van der Waals surface area contributed by atoms with E-state index in [0.717, 1.165) is 25.7 Å². The van der Waals surface area contributed by atoms with E-state index in [2.05, 4.69) is 10.6 Å². The second-order valence-electron chi connectivity index (χ2n) is 7.69. The number of esters is 1. The number of ether oxygens (including phenoxy) is 1. The van der Waals surface area contributed by atoms with Gasteiger partial charge in [-0.3, -0.25) is 9.59 Å². The van der Waals surface area contributed by atoms with Gasteiger partial charge in [-0.25, -0.2) is 4.79 Å². The molecule has 0 heterocycles. The van der Waals surface area contributed by atoms with Crippen LogP contribution in [-0.2, 0) is 14.3 Å². The lowest BCUT2D eigenvalue weighted by Gasteiger charge is -2.21. The van der Waals surface area contributed by atoms with Crippen molar-refractivity contribution >= 4 is 29.5 Å². The molecule has 1 aromatic rings. The van der Waals surface area contributed by atoms with E-state index in [1.807, 2.05) is 19.9 Å². The summed E-state index contributed by atoms with van der Waals surface area (Å²) in [5.74, 6) is -0.668. The van der Waals surface area contributed by atoms with Crippen molar-refractivity contribution in [3.05, 3.63) is 29.8 Å². The largest absolute Gasteiger partial charge is 0.452 e. The van der Waals surface area contributed by atoms with Crippen LogP contribution in [0.3, 0.4) is 0 Å². The molecule has 0 radical (unpaired) electrons. The first-order chi connectivity index (χ1) is 14.0. The fraction of sp³-hybridized carbons (Fsp3) is 0.591. The molecule has 7 heteroatoms. The van der Waals surface area contributed by atoms with Gasteiger partial charge in [0.1, 0.15) is 0 Å². The molecule has 2 N–H and O–H groups in total. The molecule has 0 saturated heterocycles. The molecule has 29 heavy (non-hydrogen) atoms. The average Bonchev–Trinajstić information content (AvgIpc) is 2.66. The van der Waals surface area contributed by atoms with Crippen LogP contribution in [0.15, 0.2) is 29.2 Å². The molecule has 1 aromatic carbocycles. The van der Waals surface area contributed by atoms with Crippen LogP contribution in [0.5, 0.6) is 0 Å². The molecule has 0 spiro atoms. The summed E-state index contributed by atoms with van der Waals surface area (Å²) in [5.41, 5.74) is 0.369. The van der Waals surface area contributed by atoms with Crippen molar-refractivity contribution in [3.8, 4) is 0 Å². The van der Waals surface area contributed by atoms with Gasteiger partial charge in [-0.1, -0.05) is 44.2 Å². The molecule has 0 unspecified atom stereocenters. The van der Waals surface area contributed by atoms with E-state index in [1.54, 1.807) is 18.2 Å². The first kappa shape index (κ1) is 23.3. The number of carbonyl (C=O) groups excluding carboxylic acids is 3. The molecule has 0 bridgehead atoms. The summed E-state index contributed by atoms with van der Waals surface area (Å²) in [6, 6.07) is 7.24. The van der Waals surface area contributed by atoms with Gasteiger partial charge in [-0.15, -0.1) is 11.8 Å². The fourth-order valence-corrected chi connectivity index (χ4v) is 4.20. The Morgan fingerprint density at radius 1 is 1.03 bits per heavy atom. The smallest absolute Gasteiger partial charge is 0.339 e. The Kier molecular flexibility index (Phi) is 10.0. The number of nitrogens with one attached hydrogen (secondary N) is 2. The van der Waals surface area contributed by atoms with Gasteiger partial charge in [0.2, 0.25) is 5.91 Å². The Labute approximate surface area is 177 Å². The summed E-state index contributed by atoms with van der Waals surface area (Å²) in [7, 11) is 0. The first-order valence-electron chi connectivity index (χ1n) is 10.4. The van der Waals surface area contributed by atoms with Crippen LogP contribution in [0.25, 0.3) is 0 Å². The molecule has 1 aliphatic carbocycles. The summed E-state index contributed by atoms with van der Waals surface area (Å²) in [6.07, 6.45) is 8.18. The molecule has 0 aromatic heterocycles. The molecular formula is C22H32N2O4S. The second kappa shape index (κ2) is 12.5. The highest BCUT2D eigenvalue weighted by Gasteiger charge is 2.17. The van der Waals surface area contributed by atoms with Crippen molar-refractivity contribution < 1.29 is 19.1 Å². The Balaban J connectivity index is 1.85. The highest BCUT2D eigenvalue weighted by atomic mass is 32.2. The molecule has 6 nitrogen and oxygen atoms in total. The number of hydrogen-bond donors (Lipinski definition) is 2. The standard InChI is InChI=1S/C22H32N2O4S/c1-16(2)23-20(25)14-28-22(27)18-12-8-9-13-19(18)29-15-21(26)24-17-10-6-4-3-5-7-11-17/h8-9,12-13,16-17H,3-7,10-11,14-15H2,1-2H3,(H,23,25)(H,24,26). The normalized spacial score (nSPS) is 15.3. The quantitative estimate of drug-likeness (QED) is 0.495. The van der Waals surface area contributed by atoms with Crippen LogP contribution in [0.4, 0.5) is 0 Å². The molecule has 1 fully saturated rings. The zero-order chi connectivity index (χ0) is 21.1. The van der Waals surface area contributed by atoms with E-state index in [-0.39, 0.29) is 36.3 Å². The second-order valence-corrected chi connectivity index (χ2v) is 8.71. The maximum absolute atomic E-state index is 12.4. The van der Waals surface area contributed by atoms with E-state index in [0.29, 0.717) is 10.5 Å². The number of amides is 2. The molecule has 160 valence electrons. The Hall–Kier alpha value is -2.02. The van der Waals surface area contributed by atoms with Crippen molar-refractivity contribution in [1.82, 2.24) is 10.6 Å². The number of rotatable bonds is 8. The van der Waals surface area contributed by atoms with E-state index in [1.165, 1.54) is 31.0 Å². The summed E-state index contributed by atoms with van der Waals surface area (Å²) in [5, 5.41) is 5.81. The molecule has 1 aliphatic rings. The Bertz CT molecular complexity index is 685. The molecule has 0 aliphatic heterocycles. The van der Waals surface area contributed by atoms with E-state index < -0.39 is 5.97 Å². The van der Waals surface area contributed by atoms with Gasteiger partial charge >= 0.3 is 5.97 Å². The third-order valence-corrected chi connectivity index (χ3v) is 5.79. The third-order valence-electron chi connectivity index (χ3n) is 4.72. The van der Waals surface area contributed by atoms with Crippen LogP contribution in [0.1, 0.15) is 69.2 Å². The van der Waals surface area contributed by atoms with E-state index in [4.69, 9.17) is 4.74 Å². The maximum atomic E-state index is 12.4. The van der Waals surface area contributed by atoms with Gasteiger partial charge in [0.25, 0.3) is 5.91 Å². The summed E-state index contributed by atoms with van der Waals surface area (Å²) in [6.45, 7) is 3.36. The SMILES string of the molecule is CC(C)NC(=O)COC(=O)c1ccccc1SCC(=O)NC1CCCCCCC1. The van der Waals surface area contributed by atoms with Crippen molar-refractivity contribution in [2.45, 2.75) is 75.8 Å². The summed E-state index contributed by atoms with van der Waals surface area (Å²) < 4.78 is 5.12. The minimum absolute atomic E-state index is 0.0135. The molecule has 0 atom stereocenters. The minimum atomic E-state index is -0.563. The van der Waals surface area contributed by atoms with Gasteiger partial charge in [0.05, 0.1) is 11.3 Å². The first-order valence-corrected chi connectivity index (χ1v) is 11.4. The van der Waals surface area contributed by atoms with Gasteiger partial charge in [0, 0.05) is 17.0 Å². The lowest BCUT2D eigenvalue weighted by Crippen LogP contribution is -2.36. The average molecular weight is 421 g/mol. The van der Waals surface area contributed by atoms with Gasteiger partial charge in [-0.2, -0.15) is 0 Å². The van der Waals surface area contributed by atoms with E-state index >= 15 is 0 Å². The molecule has 2 rings (SSSR count). The van der Waals surface area contributed by atoms with Crippen LogP contribution in [0, 0.1) is 0 Å². The Morgan fingerprint density at radius 2 is 1.69 bits per heavy atom. The monoisotopic (exact) mass is 420 g/mol. The lowest BCUT2D eigenvalue weighted by atomic mass is 9.97. The van der Waals surface area contributed by atoms with Crippen LogP contribution in [-0.4, -0.2) is 42.2 Å². The fourth-order valence-electron chi connectivity index (χ4n) is 3.35. The summed E-state index contributed by atoms with van der Waals surface area (Å²) in [4.78, 5) is 37.1. The topological polar surface area (TPSA) is 84.5 Å². The van der Waals surface area contributed by atoms with Crippen LogP contribution in [0.2, 0.25) is 0 Å². The third kappa shape index (κ3) is 8.90. The van der Waals surface area contributed by atoms with Crippen molar-refractivity contribution in [3.63, 3.8) is 0 Å². The van der Waals surface area contributed by atoms with Crippen molar-refractivity contribution in [2.75, 3.05) is 12.4 Å². The summed E-state index contributed by atoms with van der Waals surface area (Å²) >= 11 is 1.31. The highest BCUT2D eigenvalue weighted by Crippen LogP contribution is 2.24. The maximum Gasteiger partial charge on any atom is 0.339 e. The number of benzene rings is 1. The van der Waals surface area contributed by atoms with Crippen LogP contribution >= 0.6 is 11.8 Å². The zero-order valence-electron chi connectivity index (χ0n) is 17.4. The lowest BCUT2D eigenvalue weighted by molar-refractivity contribution is -0.124. The van der Waals surface area contributed by atoms with Gasteiger partial charge in [-0.05, 0) is 38.8 Å². The van der Waals surface area contributed by atoms with E-state index in [9.17, 15) is 14.4 Å². The predicted molar refractivity (Wildman–Crippen MR) is 115 cm³/mol. The molecule has 1 saturated carbocycles. The van der Waals surface area contributed by atoms with Gasteiger partial charge < -0.3 is 15.4 Å². The van der Waals surface area contributed by atoms with Crippen molar-refractivity contribution in [2.24, 2.45) is 0 Å². The number of hydrogen-bond acceptors (Lipinski definition) is 5. The molecular weight excluding hydrogens is 388 g/mol. The number of thioether (sulfide) groups is 1. The van der Waals surface area contributed by atoms with Crippen molar-refractivity contribution in [1.29, 1.82) is 0 Å². The predicted octanol–water partition coefficient (Wildman–Crippen LogP) is 3.69. The van der Waals surface area contributed by atoms with Gasteiger partial charge in [0.15, 0.2) is 6.61 Å². The Morgan fingerprint density at radius 3 is 2.38 bits per heavy atom. The number of carbonyl (C=O) groups is 3.